The van der Waals surface area contributed by atoms with E-state index in [9.17, 15) is 67.1 Å². The number of rotatable bonds is 50. The van der Waals surface area contributed by atoms with Crippen molar-refractivity contribution in [2.75, 3.05) is 155 Å². The minimum absolute atomic E-state index is 0.0430. The molecule has 0 aliphatic carbocycles. The molecule has 578 valence electrons. The zero-order valence-corrected chi connectivity index (χ0v) is 67.3. The van der Waals surface area contributed by atoms with Crippen LogP contribution in [0.15, 0.2) is 0 Å². The highest BCUT2D eigenvalue weighted by atomic mass is 32.2. The predicted octanol–water partition coefficient (Wildman–Crippen LogP) is -3.37. The highest BCUT2D eigenvalue weighted by Crippen LogP contribution is 2.32. The number of likely N-dealkylation sites (N-methyl/N-ethyl adjacent to an activating group) is 1. The molecule has 4 aliphatic heterocycles. The molecule has 14 N–H and O–H groups in total. The van der Waals surface area contributed by atoms with Crippen molar-refractivity contribution in [1.29, 1.82) is 0 Å². The van der Waals surface area contributed by atoms with Crippen molar-refractivity contribution in [3.63, 3.8) is 0 Å². The van der Waals surface area contributed by atoms with Crippen molar-refractivity contribution in [2.45, 2.75) is 121 Å². The molecule has 12 atom stereocenters. The van der Waals surface area contributed by atoms with E-state index in [1.54, 1.807) is 7.05 Å². The van der Waals surface area contributed by atoms with E-state index in [-0.39, 0.29) is 151 Å². The maximum atomic E-state index is 14.1. The van der Waals surface area contributed by atoms with Crippen LogP contribution in [0.4, 0.5) is 9.59 Å². The van der Waals surface area contributed by atoms with Gasteiger partial charge in [-0.3, -0.25) is 77.1 Å². The molecular formula is C59H101N17O14S12. The molecule has 0 radical (unpaired) electrons. The smallest absolute Gasteiger partial charge is 0.317 e. The molecule has 0 bridgehead atoms. The number of imide groups is 4. The summed E-state index contributed by atoms with van der Waals surface area (Å²) in [7, 11) is 1.76. The molecule has 0 aromatic rings. The fourth-order valence-electron chi connectivity index (χ4n) is 11.2. The first kappa shape index (κ1) is 91.4. The molecule has 31 nitrogen and oxygen atoms in total. The van der Waals surface area contributed by atoms with Crippen LogP contribution < -0.4 is 54.8 Å². The lowest BCUT2D eigenvalue weighted by atomic mass is 10.2. The summed E-state index contributed by atoms with van der Waals surface area (Å²) in [5.74, 6) is -3.57. The Balaban J connectivity index is 1.44. The Morgan fingerprint density at radius 1 is 0.392 bits per heavy atom. The first-order chi connectivity index (χ1) is 48.8. The maximum Gasteiger partial charge on any atom is 0.317 e. The summed E-state index contributed by atoms with van der Waals surface area (Å²) in [6.07, 6.45) is 1.10. The lowest BCUT2D eigenvalue weighted by Crippen LogP contribution is -2.55. The number of nitrogens with one attached hydrogen (secondary N) is 6. The van der Waals surface area contributed by atoms with Gasteiger partial charge < -0.3 is 69.5 Å². The number of thiol groups is 8. The van der Waals surface area contributed by atoms with Gasteiger partial charge in [0.15, 0.2) is 0 Å². The third-order valence-corrected chi connectivity index (χ3v) is 24.5. The van der Waals surface area contributed by atoms with Gasteiger partial charge in [0, 0.05) is 174 Å². The van der Waals surface area contributed by atoms with Gasteiger partial charge in [-0.1, -0.05) is 0 Å². The Kier molecular flexibility index (Phi) is 43.4. The minimum Gasteiger partial charge on any atom is -0.351 e. The first-order valence-electron chi connectivity index (χ1n) is 33.3. The van der Waals surface area contributed by atoms with Crippen LogP contribution in [-0.4, -0.2) is 341 Å². The summed E-state index contributed by atoms with van der Waals surface area (Å²) in [4.78, 5) is 198. The summed E-state index contributed by atoms with van der Waals surface area (Å²) in [6, 6.07) is -7.60. The molecule has 43 heteroatoms. The van der Waals surface area contributed by atoms with Gasteiger partial charge in [0.05, 0.1) is 21.0 Å². The van der Waals surface area contributed by atoms with Gasteiger partial charge in [-0.15, -0.1) is 47.0 Å². The van der Waals surface area contributed by atoms with Crippen molar-refractivity contribution >= 4 is 231 Å². The largest absolute Gasteiger partial charge is 0.351 e. The molecule has 0 spiro atoms. The summed E-state index contributed by atoms with van der Waals surface area (Å²) in [5, 5.41) is 13.4. The average Bonchev–Trinajstić information content (AvgIpc) is 1.68. The van der Waals surface area contributed by atoms with Gasteiger partial charge in [-0.2, -0.15) is 101 Å². The van der Waals surface area contributed by atoms with E-state index in [4.69, 9.17) is 22.9 Å². The van der Waals surface area contributed by atoms with E-state index >= 15 is 0 Å². The number of thioether (sulfide) groups is 4. The second kappa shape index (κ2) is 48.4. The Labute approximate surface area is 657 Å². The third-order valence-electron chi connectivity index (χ3n) is 16.9. The molecular weight excluding hydrogens is 1560 g/mol. The fraction of sp³-hybridized carbons (Fsp3) is 0.763. The molecule has 0 saturated carbocycles. The number of hydrogen-bond acceptors (Lipinski definition) is 31. The zero-order chi connectivity index (χ0) is 75.8. The molecule has 102 heavy (non-hydrogen) atoms. The van der Waals surface area contributed by atoms with Gasteiger partial charge in [0.2, 0.25) is 70.9 Å². The normalized spacial score (nSPS) is 20.2. The Bertz CT molecular complexity index is 2520. The van der Waals surface area contributed by atoms with Crippen LogP contribution in [0.25, 0.3) is 0 Å². The third kappa shape index (κ3) is 27.3. The van der Waals surface area contributed by atoms with Gasteiger partial charge in [-0.25, -0.2) is 9.59 Å². The summed E-state index contributed by atoms with van der Waals surface area (Å²) >= 11 is 38.6. The Hall–Kier alpha value is -3.02. The maximum absolute atomic E-state index is 14.1. The highest BCUT2D eigenvalue weighted by molar-refractivity contribution is 8.01. The average molecular weight is 1660 g/mol. The second-order valence-corrected chi connectivity index (χ2v) is 32.5. The molecule has 4 fully saturated rings. The molecule has 4 heterocycles. The molecule has 4 rings (SSSR count). The number of carbonyl (C=O) groups excluding carboxylic acids is 14. The van der Waals surface area contributed by atoms with Crippen molar-refractivity contribution < 1.29 is 67.1 Å². The van der Waals surface area contributed by atoms with Crippen LogP contribution in [0.3, 0.4) is 0 Å². The lowest BCUT2D eigenvalue weighted by molar-refractivity contribution is -0.146. The van der Waals surface area contributed by atoms with E-state index in [1.165, 1.54) is 9.80 Å². The molecule has 0 aromatic heterocycles. The van der Waals surface area contributed by atoms with Gasteiger partial charge in [0.25, 0.3) is 0 Å². The monoisotopic (exact) mass is 1660 g/mol. The molecule has 12 unspecified atom stereocenters. The zero-order valence-electron chi connectivity index (χ0n) is 56.9. The standard InChI is InChI=1S/C59H101N17O14S12/c1-70(8-6-64-58(89)71(10-18-99-42-22-46(77)73(54(42)85)38(26-60)50(81)66-34(30-95)2-14-91)11-19-100-43-23-47(78)74(55(43)86)39(27-61)51(82)67-35(31-96)3-15-92)9-7-65-59(90)72(12-20-101-44-24-48(79)75(56(44)87)40(28-62)52(83)68-36(32-97)4-16-93)13-21-102-45-25-49(80)76(57(45)88)41(29-63)53(84)69-37(33-98)5-17-94/h34-45,91-98H,2-33,60-63H2,1H3,(H,64,89)(H,65,90)(H,66,81)(H,67,82)(H,68,83)(H,69,84). The van der Waals surface area contributed by atoms with E-state index in [0.29, 0.717) is 71.7 Å². The van der Waals surface area contributed by atoms with Gasteiger partial charge >= 0.3 is 12.1 Å². The lowest BCUT2D eigenvalue weighted by Gasteiger charge is -2.27. The highest BCUT2D eigenvalue weighted by Gasteiger charge is 2.49. The SMILES string of the molecule is CN(CCNC(=O)N(CCSC1CC(=O)N(C(CN)C(=O)NC(CS)CCS)C1=O)CCSC1CC(=O)N(C(CN)C(=O)NC(CS)CCS)C1=O)CCNC(=O)N(CCSC1CC(=O)N(C(CN)C(=O)NC(CS)CCS)C1=O)CCSC1CC(=O)N(C(CN)C(=O)NC(CS)CCS)C1=O. The predicted molar refractivity (Wildman–Crippen MR) is 427 cm³/mol. The minimum atomic E-state index is -1.26. The molecule has 0 aromatic carbocycles. The van der Waals surface area contributed by atoms with E-state index in [1.807, 2.05) is 4.90 Å². The summed E-state index contributed by atoms with van der Waals surface area (Å²) < 4.78 is 0. The molecule has 16 amide bonds. The number of nitrogens with zero attached hydrogens (tertiary/aromatic N) is 7. The van der Waals surface area contributed by atoms with Crippen LogP contribution in [-0.2, 0) is 57.5 Å². The van der Waals surface area contributed by atoms with Crippen LogP contribution >= 0.6 is 148 Å². The van der Waals surface area contributed by atoms with Gasteiger partial charge in [-0.05, 0) is 55.7 Å². The number of nitrogens with two attached hydrogens (primary N) is 4. The summed E-state index contributed by atoms with van der Waals surface area (Å²) in [5.41, 5.74) is 23.9. The fourth-order valence-corrected chi connectivity index (χ4v) is 18.0. The van der Waals surface area contributed by atoms with Crippen molar-refractivity contribution in [3.8, 4) is 0 Å². The molecule has 4 aliphatic rings. The van der Waals surface area contributed by atoms with Crippen LogP contribution in [0, 0.1) is 0 Å². The van der Waals surface area contributed by atoms with Crippen LogP contribution in [0.5, 0.6) is 0 Å². The quantitative estimate of drug-likeness (QED) is 0.0209. The van der Waals surface area contributed by atoms with Gasteiger partial charge in [0.1, 0.15) is 24.2 Å². The van der Waals surface area contributed by atoms with E-state index in [2.05, 4.69) is 133 Å². The van der Waals surface area contributed by atoms with Crippen LogP contribution in [0.1, 0.15) is 51.4 Å². The van der Waals surface area contributed by atoms with Crippen LogP contribution in [0.2, 0.25) is 0 Å². The van der Waals surface area contributed by atoms with Crippen molar-refractivity contribution in [3.05, 3.63) is 0 Å². The van der Waals surface area contributed by atoms with E-state index in [0.717, 1.165) is 66.6 Å². The first-order valence-corrected chi connectivity index (χ1v) is 42.6. The number of hydrogen-bond donors (Lipinski definition) is 18. The topological polar surface area (TPSA) is 438 Å². The number of amides is 16. The second-order valence-electron chi connectivity index (χ2n) is 24.0. The number of likely N-dealkylation sites (tertiary alicyclic amines) is 4. The van der Waals surface area contributed by atoms with Crippen molar-refractivity contribution in [1.82, 2.24) is 66.2 Å². The van der Waals surface area contributed by atoms with Crippen molar-refractivity contribution in [2.24, 2.45) is 22.9 Å². The Morgan fingerprint density at radius 2 is 0.608 bits per heavy atom. The number of urea groups is 2. The Morgan fingerprint density at radius 3 is 0.794 bits per heavy atom. The molecule has 4 saturated heterocycles. The van der Waals surface area contributed by atoms with E-state index < -0.39 is 128 Å². The summed E-state index contributed by atoms with van der Waals surface area (Å²) in [6.45, 7) is -0.392. The number of carbonyl (C=O) groups is 14.